The van der Waals surface area contributed by atoms with Crippen LogP contribution in [0.4, 0.5) is 26.7 Å². The van der Waals surface area contributed by atoms with Gasteiger partial charge in [0.2, 0.25) is 17.6 Å². The van der Waals surface area contributed by atoms with E-state index >= 15 is 0 Å². The average molecular weight is 610 g/mol. The summed E-state index contributed by atoms with van der Waals surface area (Å²) >= 11 is 0. The fourth-order valence-electron chi connectivity index (χ4n) is 4.62. The van der Waals surface area contributed by atoms with Gasteiger partial charge in [0.05, 0.1) is 0 Å². The number of hydrogen-bond acceptors (Lipinski definition) is 7. The maximum atomic E-state index is 13.3. The molecule has 0 bridgehead atoms. The Morgan fingerprint density at radius 3 is 2.42 bits per heavy atom. The number of piperidine rings is 1. The molecule has 2 N–H and O–H groups in total. The zero-order chi connectivity index (χ0) is 31.1. The third kappa shape index (κ3) is 8.26. The van der Waals surface area contributed by atoms with E-state index in [0.717, 1.165) is 10.5 Å². The molecule has 3 atom stereocenters. The highest BCUT2D eigenvalue weighted by molar-refractivity contribution is 5.91. The number of halogens is 5. The maximum absolute atomic E-state index is 13.3. The molecule has 1 saturated heterocycles. The number of aromatic nitrogens is 2. The van der Waals surface area contributed by atoms with Crippen LogP contribution in [0.25, 0.3) is 11.4 Å². The van der Waals surface area contributed by atoms with Gasteiger partial charge in [0.15, 0.2) is 6.61 Å². The fourth-order valence-corrected chi connectivity index (χ4v) is 4.62. The molecule has 15 heteroatoms. The second kappa shape index (κ2) is 13.6. The predicted molar refractivity (Wildman–Crippen MR) is 140 cm³/mol. The van der Waals surface area contributed by atoms with E-state index in [0.29, 0.717) is 12.0 Å². The molecule has 1 fully saturated rings. The first kappa shape index (κ1) is 31.4. The Bertz CT molecular complexity index is 1400. The molecule has 4 rings (SSSR count). The standard InChI is InChI=1S/C28H28F5N5O5/c1-16(24(39)34-14-17-7-9-19(10-8-17)23-36-26(43-37-23)28(31,32)33)35-25(40)21-13-20(18-5-3-2-4-6-18)11-12-38(21)27(41)42-15-22(29)30/h2-10,16,20-22H,11-15H2,1H3,(H,34,39)(H,35,40)/t16-,20?,21+/m0/s1. The van der Waals surface area contributed by atoms with E-state index in [1.165, 1.54) is 19.1 Å². The molecule has 10 nitrogen and oxygen atoms in total. The van der Waals surface area contributed by atoms with Gasteiger partial charge in [-0.05, 0) is 36.8 Å². The van der Waals surface area contributed by atoms with Crippen LogP contribution in [0.3, 0.4) is 0 Å². The van der Waals surface area contributed by atoms with Crippen molar-refractivity contribution in [1.82, 2.24) is 25.7 Å². The molecule has 0 radical (unpaired) electrons. The van der Waals surface area contributed by atoms with E-state index in [1.54, 1.807) is 12.1 Å². The van der Waals surface area contributed by atoms with Gasteiger partial charge in [-0.2, -0.15) is 18.2 Å². The summed E-state index contributed by atoms with van der Waals surface area (Å²) in [6.45, 7) is 0.472. The summed E-state index contributed by atoms with van der Waals surface area (Å²) < 4.78 is 72.2. The zero-order valence-corrected chi connectivity index (χ0v) is 22.8. The minimum absolute atomic E-state index is 0.0327. The van der Waals surface area contributed by atoms with Gasteiger partial charge in [-0.25, -0.2) is 13.6 Å². The second-order valence-electron chi connectivity index (χ2n) is 9.88. The van der Waals surface area contributed by atoms with Gasteiger partial charge in [0.25, 0.3) is 6.43 Å². The van der Waals surface area contributed by atoms with Crippen molar-refractivity contribution in [2.45, 2.75) is 56.9 Å². The molecule has 2 aromatic carbocycles. The van der Waals surface area contributed by atoms with E-state index in [-0.39, 0.29) is 36.8 Å². The lowest BCUT2D eigenvalue weighted by Crippen LogP contribution is -2.56. The van der Waals surface area contributed by atoms with Crippen LogP contribution < -0.4 is 10.6 Å². The third-order valence-corrected chi connectivity index (χ3v) is 6.84. The number of carbonyl (C=O) groups is 3. The summed E-state index contributed by atoms with van der Waals surface area (Å²) in [6, 6.07) is 13.3. The summed E-state index contributed by atoms with van der Waals surface area (Å²) in [4.78, 5) is 43.0. The quantitative estimate of drug-likeness (QED) is 0.342. The van der Waals surface area contributed by atoms with Gasteiger partial charge in [0, 0.05) is 18.7 Å². The molecule has 43 heavy (non-hydrogen) atoms. The van der Waals surface area contributed by atoms with Crippen LogP contribution in [-0.4, -0.2) is 64.6 Å². The summed E-state index contributed by atoms with van der Waals surface area (Å²) in [5.41, 5.74) is 1.83. The first-order valence-corrected chi connectivity index (χ1v) is 13.3. The van der Waals surface area contributed by atoms with Crippen molar-refractivity contribution in [1.29, 1.82) is 0 Å². The largest absolute Gasteiger partial charge is 0.471 e. The monoisotopic (exact) mass is 609 g/mol. The second-order valence-corrected chi connectivity index (χ2v) is 9.88. The molecule has 1 aromatic heterocycles. The molecule has 0 aliphatic carbocycles. The van der Waals surface area contributed by atoms with Crippen LogP contribution in [-0.2, 0) is 27.0 Å². The Kier molecular flexibility index (Phi) is 9.93. The van der Waals surface area contributed by atoms with E-state index in [4.69, 9.17) is 0 Å². The molecule has 0 spiro atoms. The summed E-state index contributed by atoms with van der Waals surface area (Å²) in [5.74, 6) is -2.99. The Hall–Kier alpha value is -4.56. The van der Waals surface area contributed by atoms with Gasteiger partial charge >= 0.3 is 18.2 Å². The lowest BCUT2D eigenvalue weighted by atomic mass is 9.85. The van der Waals surface area contributed by atoms with E-state index < -0.39 is 55.1 Å². The first-order chi connectivity index (χ1) is 20.4. The number of amides is 3. The minimum Gasteiger partial charge on any atom is -0.443 e. The van der Waals surface area contributed by atoms with Gasteiger partial charge in [-0.3, -0.25) is 14.5 Å². The highest BCUT2D eigenvalue weighted by atomic mass is 19.4. The molecular formula is C28H28F5N5O5. The lowest BCUT2D eigenvalue weighted by molar-refractivity contribution is -0.159. The van der Waals surface area contributed by atoms with E-state index in [9.17, 15) is 36.3 Å². The fraction of sp³-hybridized carbons (Fsp3) is 0.393. The first-order valence-electron chi connectivity index (χ1n) is 13.3. The SMILES string of the molecule is C[C@H](NC(=O)[C@H]1CC(c2ccccc2)CCN1C(=O)OCC(F)F)C(=O)NCc1ccc(-c2noc(C(F)(F)F)n2)cc1. The molecule has 3 aromatic rings. The third-order valence-electron chi connectivity index (χ3n) is 6.84. The van der Waals surface area contributed by atoms with Crippen molar-refractivity contribution in [2.24, 2.45) is 0 Å². The van der Waals surface area contributed by atoms with Gasteiger partial charge in [0.1, 0.15) is 12.1 Å². The van der Waals surface area contributed by atoms with Crippen LogP contribution in [0.1, 0.15) is 42.7 Å². The molecule has 2 heterocycles. The molecular weight excluding hydrogens is 581 g/mol. The van der Waals surface area contributed by atoms with Crippen LogP contribution >= 0.6 is 0 Å². The van der Waals surface area contributed by atoms with Crippen molar-refractivity contribution in [3.8, 4) is 11.4 Å². The Morgan fingerprint density at radius 1 is 1.09 bits per heavy atom. The van der Waals surface area contributed by atoms with Crippen molar-refractivity contribution in [3.63, 3.8) is 0 Å². The molecule has 0 saturated carbocycles. The van der Waals surface area contributed by atoms with Gasteiger partial charge in [-0.1, -0.05) is 59.8 Å². The smallest absolute Gasteiger partial charge is 0.443 e. The average Bonchev–Trinajstić information content (AvgIpc) is 3.50. The number of alkyl halides is 5. The highest BCUT2D eigenvalue weighted by Gasteiger charge is 2.39. The number of carbonyl (C=O) groups excluding carboxylic acids is 3. The summed E-state index contributed by atoms with van der Waals surface area (Å²) in [6.07, 6.45) is -7.98. The van der Waals surface area contributed by atoms with Crippen molar-refractivity contribution < 1.29 is 45.6 Å². The van der Waals surface area contributed by atoms with Crippen LogP contribution in [0.5, 0.6) is 0 Å². The van der Waals surface area contributed by atoms with Crippen LogP contribution in [0.15, 0.2) is 59.1 Å². The Balaban J connectivity index is 1.35. The molecule has 1 aliphatic heterocycles. The molecule has 230 valence electrons. The Labute approximate surface area is 242 Å². The number of benzene rings is 2. The number of likely N-dealkylation sites (tertiary alicyclic amines) is 1. The molecule has 1 aliphatic rings. The van der Waals surface area contributed by atoms with Crippen LogP contribution in [0, 0.1) is 0 Å². The number of nitrogens with one attached hydrogen (secondary N) is 2. The topological polar surface area (TPSA) is 127 Å². The highest BCUT2D eigenvalue weighted by Crippen LogP contribution is 2.32. The normalized spacial score (nSPS) is 17.8. The van der Waals surface area contributed by atoms with Crippen molar-refractivity contribution in [2.75, 3.05) is 13.2 Å². The maximum Gasteiger partial charge on any atom is 0.471 e. The number of nitrogens with zero attached hydrogens (tertiary/aromatic N) is 3. The minimum atomic E-state index is -4.77. The molecule has 1 unspecified atom stereocenters. The van der Waals surface area contributed by atoms with Crippen molar-refractivity contribution >= 4 is 17.9 Å². The van der Waals surface area contributed by atoms with E-state index in [1.807, 2.05) is 30.3 Å². The number of rotatable bonds is 9. The van der Waals surface area contributed by atoms with Crippen molar-refractivity contribution in [3.05, 3.63) is 71.6 Å². The summed E-state index contributed by atoms with van der Waals surface area (Å²) in [7, 11) is 0. The number of ether oxygens (including phenoxy) is 1. The van der Waals surface area contributed by atoms with Crippen LogP contribution in [0.2, 0.25) is 0 Å². The Morgan fingerprint density at radius 2 is 1.79 bits per heavy atom. The lowest BCUT2D eigenvalue weighted by Gasteiger charge is -2.38. The predicted octanol–water partition coefficient (Wildman–Crippen LogP) is 4.53. The van der Waals surface area contributed by atoms with Gasteiger partial charge in [-0.15, -0.1) is 0 Å². The van der Waals surface area contributed by atoms with Gasteiger partial charge < -0.3 is 19.9 Å². The molecule has 3 amide bonds. The zero-order valence-electron chi connectivity index (χ0n) is 22.8. The van der Waals surface area contributed by atoms with E-state index in [2.05, 4.69) is 30.0 Å². The summed E-state index contributed by atoms with van der Waals surface area (Å²) in [5, 5.41) is 8.56. The number of hydrogen-bond donors (Lipinski definition) is 2.